The first-order chi connectivity index (χ1) is 12.7. The van der Waals surface area contributed by atoms with Crippen LogP contribution in [0, 0.1) is 12.7 Å². The predicted octanol–water partition coefficient (Wildman–Crippen LogP) is 4.90. The summed E-state index contributed by atoms with van der Waals surface area (Å²) >= 11 is 0. The number of likely N-dealkylation sites (tertiary alicyclic amines) is 1. The molecule has 3 aromatic rings. The Bertz CT molecular complexity index is 869. The van der Waals surface area contributed by atoms with Crippen LogP contribution in [0.25, 0.3) is 11.1 Å². The lowest BCUT2D eigenvalue weighted by Gasteiger charge is -2.32. The van der Waals surface area contributed by atoms with Gasteiger partial charge in [0.2, 0.25) is 0 Å². The highest BCUT2D eigenvalue weighted by Gasteiger charge is 2.25. The molecule has 0 radical (unpaired) electrons. The molecule has 0 bridgehead atoms. The summed E-state index contributed by atoms with van der Waals surface area (Å²) in [6.45, 7) is 5.21. The molecule has 2 heterocycles. The summed E-state index contributed by atoms with van der Waals surface area (Å²) in [7, 11) is 0. The highest BCUT2D eigenvalue weighted by molar-refractivity contribution is 5.65. The molecule has 1 atom stereocenters. The van der Waals surface area contributed by atoms with Crippen molar-refractivity contribution in [3.8, 4) is 11.1 Å². The number of hydrogen-bond acceptors (Lipinski definition) is 2. The van der Waals surface area contributed by atoms with Gasteiger partial charge >= 0.3 is 0 Å². The van der Waals surface area contributed by atoms with E-state index < -0.39 is 0 Å². The van der Waals surface area contributed by atoms with Crippen LogP contribution in [-0.2, 0) is 6.54 Å². The summed E-state index contributed by atoms with van der Waals surface area (Å²) < 4.78 is 13.6. The SMILES string of the molecule is Cc1ccc(CN2CCCC(c3[nH]ncc3-c3cccc(F)c3)C2)cc1. The number of aromatic nitrogens is 2. The summed E-state index contributed by atoms with van der Waals surface area (Å²) in [4.78, 5) is 2.51. The van der Waals surface area contributed by atoms with Crippen LogP contribution in [0.1, 0.15) is 35.6 Å². The Morgan fingerprint density at radius 1 is 1.19 bits per heavy atom. The Labute approximate surface area is 153 Å². The van der Waals surface area contributed by atoms with Gasteiger partial charge in [0.1, 0.15) is 5.82 Å². The van der Waals surface area contributed by atoms with Crippen molar-refractivity contribution in [3.63, 3.8) is 0 Å². The van der Waals surface area contributed by atoms with Gasteiger partial charge in [-0.3, -0.25) is 10.00 Å². The predicted molar refractivity (Wildman–Crippen MR) is 102 cm³/mol. The fourth-order valence-electron chi connectivity index (χ4n) is 3.88. The molecule has 1 N–H and O–H groups in total. The van der Waals surface area contributed by atoms with E-state index >= 15 is 0 Å². The molecule has 4 heteroatoms. The van der Waals surface area contributed by atoms with Crippen LogP contribution in [0.2, 0.25) is 0 Å². The molecule has 3 nitrogen and oxygen atoms in total. The van der Waals surface area contributed by atoms with Crippen molar-refractivity contribution in [2.75, 3.05) is 13.1 Å². The third kappa shape index (κ3) is 3.70. The van der Waals surface area contributed by atoms with E-state index in [2.05, 4.69) is 46.3 Å². The number of aromatic amines is 1. The van der Waals surface area contributed by atoms with Crippen molar-refractivity contribution >= 4 is 0 Å². The van der Waals surface area contributed by atoms with Crippen molar-refractivity contribution in [2.45, 2.75) is 32.2 Å². The molecule has 1 unspecified atom stereocenters. The van der Waals surface area contributed by atoms with E-state index in [4.69, 9.17) is 0 Å². The number of halogens is 1. The molecular weight excluding hydrogens is 325 g/mol. The first-order valence-corrected chi connectivity index (χ1v) is 9.26. The van der Waals surface area contributed by atoms with Crippen LogP contribution in [0.4, 0.5) is 4.39 Å². The lowest BCUT2D eigenvalue weighted by molar-refractivity contribution is 0.198. The van der Waals surface area contributed by atoms with E-state index in [9.17, 15) is 4.39 Å². The Morgan fingerprint density at radius 2 is 2.04 bits per heavy atom. The quantitative estimate of drug-likeness (QED) is 0.726. The summed E-state index contributed by atoms with van der Waals surface area (Å²) in [6, 6.07) is 15.5. The van der Waals surface area contributed by atoms with Gasteiger partial charge in [0.15, 0.2) is 0 Å². The number of H-pyrrole nitrogens is 1. The average Bonchev–Trinajstić information content (AvgIpc) is 3.14. The third-order valence-corrected chi connectivity index (χ3v) is 5.24. The minimum atomic E-state index is -0.209. The average molecular weight is 349 g/mol. The Hall–Kier alpha value is -2.46. The van der Waals surface area contributed by atoms with E-state index in [1.54, 1.807) is 12.1 Å². The maximum absolute atomic E-state index is 13.6. The minimum absolute atomic E-state index is 0.209. The van der Waals surface area contributed by atoms with Crippen molar-refractivity contribution in [1.29, 1.82) is 0 Å². The zero-order valence-electron chi connectivity index (χ0n) is 15.1. The molecule has 1 aliphatic rings. The Kier molecular flexibility index (Phi) is 4.85. The van der Waals surface area contributed by atoms with Gasteiger partial charge < -0.3 is 0 Å². The van der Waals surface area contributed by atoms with Crippen LogP contribution in [0.5, 0.6) is 0 Å². The Morgan fingerprint density at radius 3 is 2.85 bits per heavy atom. The van der Waals surface area contributed by atoms with Crippen LogP contribution in [0.15, 0.2) is 54.7 Å². The number of aryl methyl sites for hydroxylation is 1. The normalized spacial score (nSPS) is 18.2. The van der Waals surface area contributed by atoms with Crippen LogP contribution >= 0.6 is 0 Å². The van der Waals surface area contributed by atoms with Crippen molar-refractivity contribution in [2.24, 2.45) is 0 Å². The maximum atomic E-state index is 13.6. The third-order valence-electron chi connectivity index (χ3n) is 5.24. The molecule has 0 amide bonds. The Balaban J connectivity index is 1.52. The molecule has 0 saturated carbocycles. The van der Waals surface area contributed by atoms with E-state index in [0.717, 1.165) is 49.3 Å². The number of nitrogens with zero attached hydrogens (tertiary/aromatic N) is 2. The molecule has 0 spiro atoms. The molecule has 134 valence electrons. The van der Waals surface area contributed by atoms with Gasteiger partial charge in [-0.25, -0.2) is 4.39 Å². The van der Waals surface area contributed by atoms with Crippen LogP contribution in [-0.4, -0.2) is 28.2 Å². The molecule has 1 saturated heterocycles. The topological polar surface area (TPSA) is 31.9 Å². The van der Waals surface area contributed by atoms with E-state index in [0.29, 0.717) is 5.92 Å². The van der Waals surface area contributed by atoms with Gasteiger partial charge in [-0.1, -0.05) is 42.0 Å². The maximum Gasteiger partial charge on any atom is 0.123 e. The summed E-state index contributed by atoms with van der Waals surface area (Å²) in [5, 5.41) is 7.44. The van der Waals surface area contributed by atoms with E-state index in [-0.39, 0.29) is 5.82 Å². The van der Waals surface area contributed by atoms with E-state index in [1.165, 1.54) is 17.2 Å². The first kappa shape index (κ1) is 17.0. The molecule has 1 aliphatic heterocycles. The fourth-order valence-corrected chi connectivity index (χ4v) is 3.88. The summed E-state index contributed by atoms with van der Waals surface area (Å²) in [5.74, 6) is 0.189. The second-order valence-electron chi connectivity index (χ2n) is 7.27. The fraction of sp³-hybridized carbons (Fsp3) is 0.318. The lowest BCUT2D eigenvalue weighted by atomic mass is 9.90. The second kappa shape index (κ2) is 7.42. The second-order valence-corrected chi connectivity index (χ2v) is 7.27. The van der Waals surface area contributed by atoms with Gasteiger partial charge in [-0.05, 0) is 49.6 Å². The number of nitrogens with one attached hydrogen (secondary N) is 1. The zero-order valence-corrected chi connectivity index (χ0v) is 15.1. The van der Waals surface area contributed by atoms with Gasteiger partial charge in [-0.15, -0.1) is 0 Å². The number of piperidine rings is 1. The van der Waals surface area contributed by atoms with Gasteiger partial charge in [-0.2, -0.15) is 5.10 Å². The summed E-state index contributed by atoms with van der Waals surface area (Å²) in [6.07, 6.45) is 4.12. The molecule has 0 aliphatic carbocycles. The first-order valence-electron chi connectivity index (χ1n) is 9.26. The molecule has 1 fully saturated rings. The molecule has 26 heavy (non-hydrogen) atoms. The molecule has 1 aromatic heterocycles. The molecular formula is C22H24FN3. The van der Waals surface area contributed by atoms with Crippen molar-refractivity contribution < 1.29 is 4.39 Å². The van der Waals surface area contributed by atoms with Crippen LogP contribution in [0.3, 0.4) is 0 Å². The standard InChI is InChI=1S/C22H24FN3/c1-16-7-9-17(10-8-16)14-26-11-3-5-19(15-26)22-21(13-24-25-22)18-4-2-6-20(23)12-18/h2,4,6-10,12-13,19H,3,5,11,14-15H2,1H3,(H,24,25). The van der Waals surface area contributed by atoms with Gasteiger partial charge in [0, 0.05) is 30.3 Å². The van der Waals surface area contributed by atoms with Crippen LogP contribution < -0.4 is 0 Å². The number of rotatable bonds is 4. The number of hydrogen-bond donors (Lipinski definition) is 1. The zero-order chi connectivity index (χ0) is 17.9. The number of benzene rings is 2. The van der Waals surface area contributed by atoms with E-state index in [1.807, 2.05) is 12.3 Å². The summed E-state index contributed by atoms with van der Waals surface area (Å²) in [5.41, 5.74) is 5.69. The highest BCUT2D eigenvalue weighted by Crippen LogP contribution is 2.33. The molecule has 4 rings (SSSR count). The van der Waals surface area contributed by atoms with Gasteiger partial charge in [0.05, 0.1) is 6.20 Å². The largest absolute Gasteiger partial charge is 0.298 e. The smallest absolute Gasteiger partial charge is 0.123 e. The minimum Gasteiger partial charge on any atom is -0.298 e. The van der Waals surface area contributed by atoms with Gasteiger partial charge in [0.25, 0.3) is 0 Å². The lowest BCUT2D eigenvalue weighted by Crippen LogP contribution is -2.34. The monoisotopic (exact) mass is 349 g/mol. The van der Waals surface area contributed by atoms with Crippen molar-refractivity contribution in [3.05, 3.63) is 77.4 Å². The highest BCUT2D eigenvalue weighted by atomic mass is 19.1. The van der Waals surface area contributed by atoms with Crippen molar-refractivity contribution in [1.82, 2.24) is 15.1 Å². The molecule has 2 aromatic carbocycles.